The molecule has 0 bridgehead atoms. The molecule has 0 radical (unpaired) electrons. The molecule has 0 amide bonds. The van der Waals surface area contributed by atoms with E-state index < -0.39 is 0 Å². The molecular weight excluding hydrogens is 402 g/mol. The summed E-state index contributed by atoms with van der Waals surface area (Å²) in [6.45, 7) is 2.01. The summed E-state index contributed by atoms with van der Waals surface area (Å²) in [5, 5.41) is 17.2. The number of aryl methyl sites for hydroxylation is 1. The number of para-hydroxylation sites is 1. The number of phenols is 1. The van der Waals surface area contributed by atoms with Crippen LogP contribution in [0.25, 0.3) is 33.2 Å². The monoisotopic (exact) mass is 423 g/mol. The minimum Gasteiger partial charge on any atom is -0.504 e. The van der Waals surface area contributed by atoms with Crippen molar-refractivity contribution < 1.29 is 14.3 Å². The van der Waals surface area contributed by atoms with Crippen molar-refractivity contribution in [1.82, 2.24) is 4.98 Å². The van der Waals surface area contributed by atoms with Gasteiger partial charge in [-0.15, -0.1) is 0 Å². The number of anilines is 1. The summed E-state index contributed by atoms with van der Waals surface area (Å²) in [6.07, 6.45) is 0. The molecule has 0 aliphatic carbocycles. The van der Waals surface area contributed by atoms with Crippen LogP contribution in [-0.4, -0.2) is 17.2 Å². The van der Waals surface area contributed by atoms with Crippen molar-refractivity contribution in [1.29, 1.82) is 0 Å². The molecule has 6 heteroatoms. The molecule has 2 heterocycles. The van der Waals surface area contributed by atoms with E-state index in [1.54, 1.807) is 18.2 Å². The number of methoxy groups -OCH3 is 1. The second-order valence-electron chi connectivity index (χ2n) is 7.49. The topological polar surface area (TPSA) is 79.9 Å². The van der Waals surface area contributed by atoms with Gasteiger partial charge in [0.1, 0.15) is 17.2 Å². The first kappa shape index (κ1) is 19.6. The van der Waals surface area contributed by atoms with E-state index in [4.69, 9.17) is 9.15 Å². The molecule has 2 aromatic heterocycles. The van der Waals surface area contributed by atoms with E-state index in [0.717, 1.165) is 27.4 Å². The van der Waals surface area contributed by atoms with Crippen LogP contribution in [0.2, 0.25) is 0 Å². The Hall–Kier alpha value is -4.32. The molecule has 5 aromatic rings. The van der Waals surface area contributed by atoms with Gasteiger partial charge in [0.15, 0.2) is 11.5 Å². The minimum atomic E-state index is 0.0711. The maximum atomic E-state index is 9.94. The van der Waals surface area contributed by atoms with E-state index >= 15 is 0 Å². The second kappa shape index (κ2) is 8.07. The molecule has 3 aromatic carbocycles. The third kappa shape index (κ3) is 3.74. The smallest absolute Gasteiger partial charge is 0.161 e. The molecule has 0 spiro atoms. The minimum absolute atomic E-state index is 0.0711. The van der Waals surface area contributed by atoms with Crippen molar-refractivity contribution in [2.24, 2.45) is 5.10 Å². The number of aromatic hydroxyl groups is 1. The number of phenolic OH excluding ortho intramolecular Hbond substituents is 1. The molecule has 6 nitrogen and oxygen atoms in total. The Kier molecular flexibility index (Phi) is 4.95. The molecular formula is C26H21N3O3. The van der Waals surface area contributed by atoms with Crippen molar-refractivity contribution in [3.63, 3.8) is 0 Å². The van der Waals surface area contributed by atoms with Crippen LogP contribution in [0, 0.1) is 6.92 Å². The Morgan fingerprint density at radius 3 is 2.72 bits per heavy atom. The molecule has 0 aliphatic heterocycles. The molecule has 0 atom stereocenters. The fourth-order valence-electron chi connectivity index (χ4n) is 3.59. The van der Waals surface area contributed by atoms with Gasteiger partial charge in [0.05, 0.1) is 18.0 Å². The summed E-state index contributed by atoms with van der Waals surface area (Å²) >= 11 is 0. The number of hydrogen-bond donors (Lipinski definition) is 2. The van der Waals surface area contributed by atoms with Gasteiger partial charge >= 0.3 is 0 Å². The zero-order valence-corrected chi connectivity index (χ0v) is 17.7. The van der Waals surface area contributed by atoms with Crippen molar-refractivity contribution in [2.75, 3.05) is 12.5 Å². The molecule has 0 aliphatic rings. The van der Waals surface area contributed by atoms with Crippen LogP contribution in [0.4, 0.5) is 5.82 Å². The fraction of sp³-hybridized carbons (Fsp3) is 0.0769. The first-order chi connectivity index (χ1) is 15.6. The van der Waals surface area contributed by atoms with Gasteiger partial charge in [-0.3, -0.25) is 5.43 Å². The number of hydrogen-bond acceptors (Lipinski definition) is 6. The molecule has 2 N–H and O–H groups in total. The zero-order valence-electron chi connectivity index (χ0n) is 17.7. The standard InChI is InChI=1S/C26H21N3O3/c1-16-7-10-19-21(28-29-26-12-9-17-5-3-4-6-20(17)27-26)15-23(32-24(19)13-16)18-8-11-22(30)25(14-18)31-2/h3-15,30H,1-2H3,(H,27,29). The van der Waals surface area contributed by atoms with Crippen molar-refractivity contribution in [3.05, 3.63) is 89.8 Å². The van der Waals surface area contributed by atoms with Crippen LogP contribution in [0.3, 0.4) is 0 Å². The lowest BCUT2D eigenvalue weighted by Crippen LogP contribution is -2.08. The predicted molar refractivity (Wildman–Crippen MR) is 126 cm³/mol. The Labute approximate surface area is 184 Å². The summed E-state index contributed by atoms with van der Waals surface area (Å²) < 4.78 is 11.4. The van der Waals surface area contributed by atoms with Crippen LogP contribution < -0.4 is 15.5 Å². The van der Waals surface area contributed by atoms with Gasteiger partial charge in [-0.25, -0.2) is 4.98 Å². The zero-order chi connectivity index (χ0) is 22.1. The number of rotatable bonds is 4. The third-order valence-electron chi connectivity index (χ3n) is 5.25. The predicted octanol–water partition coefficient (Wildman–Crippen LogP) is 5.60. The van der Waals surface area contributed by atoms with Gasteiger partial charge in [-0.05, 0) is 61.0 Å². The van der Waals surface area contributed by atoms with Crippen LogP contribution in [0.15, 0.2) is 88.4 Å². The number of nitrogens with zero attached hydrogens (tertiary/aromatic N) is 2. The highest BCUT2D eigenvalue weighted by molar-refractivity contribution is 5.81. The molecule has 0 saturated carbocycles. The maximum absolute atomic E-state index is 9.94. The highest BCUT2D eigenvalue weighted by atomic mass is 16.5. The summed E-state index contributed by atoms with van der Waals surface area (Å²) in [7, 11) is 1.51. The molecule has 0 fully saturated rings. The number of pyridine rings is 1. The Morgan fingerprint density at radius 2 is 1.84 bits per heavy atom. The van der Waals surface area contributed by atoms with Gasteiger partial charge in [0.2, 0.25) is 0 Å². The number of benzene rings is 3. The van der Waals surface area contributed by atoms with Crippen LogP contribution in [-0.2, 0) is 0 Å². The highest BCUT2D eigenvalue weighted by Crippen LogP contribution is 2.32. The lowest BCUT2D eigenvalue weighted by molar-refractivity contribution is 0.373. The molecule has 32 heavy (non-hydrogen) atoms. The number of ether oxygens (including phenoxy) is 1. The van der Waals surface area contributed by atoms with Crippen LogP contribution >= 0.6 is 0 Å². The van der Waals surface area contributed by atoms with Crippen LogP contribution in [0.5, 0.6) is 11.5 Å². The quantitative estimate of drug-likeness (QED) is 0.368. The van der Waals surface area contributed by atoms with Gasteiger partial charge in [-0.2, -0.15) is 5.10 Å². The second-order valence-corrected chi connectivity index (χ2v) is 7.49. The van der Waals surface area contributed by atoms with Gasteiger partial charge in [0.25, 0.3) is 0 Å². The number of fused-ring (bicyclic) bond motifs is 2. The fourth-order valence-corrected chi connectivity index (χ4v) is 3.59. The van der Waals surface area contributed by atoms with Crippen molar-refractivity contribution >= 4 is 27.7 Å². The normalized spacial score (nSPS) is 11.8. The first-order valence-corrected chi connectivity index (χ1v) is 10.2. The van der Waals surface area contributed by atoms with Gasteiger partial charge in [-0.1, -0.05) is 24.3 Å². The molecule has 0 unspecified atom stereocenters. The average molecular weight is 423 g/mol. The van der Waals surface area contributed by atoms with Gasteiger partial charge in [0, 0.05) is 22.4 Å². The average Bonchev–Trinajstić information content (AvgIpc) is 2.82. The van der Waals surface area contributed by atoms with E-state index in [-0.39, 0.29) is 5.75 Å². The lowest BCUT2D eigenvalue weighted by atomic mass is 10.1. The lowest BCUT2D eigenvalue weighted by Gasteiger charge is -2.09. The SMILES string of the molecule is COc1cc(-c2cc(=NNc3ccc4ccccc4n3)c3ccc(C)cc3o2)ccc1O. The maximum Gasteiger partial charge on any atom is 0.161 e. The van der Waals surface area contributed by atoms with E-state index in [2.05, 4.69) is 15.5 Å². The highest BCUT2D eigenvalue weighted by Gasteiger charge is 2.10. The Bertz CT molecular complexity index is 1520. The molecule has 0 saturated heterocycles. The molecule has 158 valence electrons. The number of nitrogens with one attached hydrogen (secondary N) is 1. The van der Waals surface area contributed by atoms with E-state index in [1.807, 2.05) is 67.6 Å². The van der Waals surface area contributed by atoms with E-state index in [0.29, 0.717) is 28.3 Å². The number of aromatic nitrogens is 1. The largest absolute Gasteiger partial charge is 0.504 e. The van der Waals surface area contributed by atoms with Crippen molar-refractivity contribution in [3.8, 4) is 22.8 Å². The van der Waals surface area contributed by atoms with E-state index in [9.17, 15) is 5.11 Å². The van der Waals surface area contributed by atoms with Crippen LogP contribution in [0.1, 0.15) is 5.56 Å². The summed E-state index contributed by atoms with van der Waals surface area (Å²) in [6, 6.07) is 24.8. The summed E-state index contributed by atoms with van der Waals surface area (Å²) in [4.78, 5) is 4.62. The Balaban J connectivity index is 1.63. The molecule has 5 rings (SSSR count). The van der Waals surface area contributed by atoms with Gasteiger partial charge < -0.3 is 14.3 Å². The first-order valence-electron chi connectivity index (χ1n) is 10.2. The third-order valence-corrected chi connectivity index (χ3v) is 5.25. The summed E-state index contributed by atoms with van der Waals surface area (Å²) in [5.41, 5.74) is 6.53. The summed E-state index contributed by atoms with van der Waals surface area (Å²) in [5.74, 6) is 1.70. The Morgan fingerprint density at radius 1 is 0.969 bits per heavy atom. The van der Waals surface area contributed by atoms with Crippen molar-refractivity contribution in [2.45, 2.75) is 6.92 Å². The van der Waals surface area contributed by atoms with E-state index in [1.165, 1.54) is 7.11 Å².